The van der Waals surface area contributed by atoms with Crippen molar-refractivity contribution in [3.05, 3.63) is 35.4 Å². The second-order valence-electron chi connectivity index (χ2n) is 5.06. The Morgan fingerprint density at radius 2 is 1.82 bits per heavy atom. The molecule has 0 spiro atoms. The molecule has 94 valence electrons. The van der Waals surface area contributed by atoms with Crippen LogP contribution in [0, 0.1) is 0 Å². The zero-order valence-electron chi connectivity index (χ0n) is 10.7. The first kappa shape index (κ1) is 13.0. The molecule has 0 bridgehead atoms. The van der Waals surface area contributed by atoms with Crippen LogP contribution in [-0.4, -0.2) is 12.0 Å². The van der Waals surface area contributed by atoms with Gasteiger partial charge in [-0.2, -0.15) is 11.8 Å². The van der Waals surface area contributed by atoms with E-state index in [1.165, 1.54) is 43.2 Å². The maximum atomic E-state index is 6.11. The summed E-state index contributed by atoms with van der Waals surface area (Å²) < 4.78 is 0. The molecule has 1 aliphatic carbocycles. The van der Waals surface area contributed by atoms with Crippen molar-refractivity contribution in [2.24, 2.45) is 5.73 Å². The smallest absolute Gasteiger partial charge is 0.0386 e. The maximum absolute atomic E-state index is 6.11. The van der Waals surface area contributed by atoms with Gasteiger partial charge >= 0.3 is 0 Å². The molecule has 2 heteroatoms. The van der Waals surface area contributed by atoms with Crippen LogP contribution in [0.15, 0.2) is 24.3 Å². The van der Waals surface area contributed by atoms with E-state index in [4.69, 9.17) is 5.73 Å². The number of hydrogen-bond acceptors (Lipinski definition) is 2. The first-order chi connectivity index (χ1) is 8.31. The summed E-state index contributed by atoms with van der Waals surface area (Å²) in [5.41, 5.74) is 8.91. The van der Waals surface area contributed by atoms with Crippen LogP contribution in [0.3, 0.4) is 0 Å². The lowest BCUT2D eigenvalue weighted by Gasteiger charge is -2.22. The monoisotopic (exact) mass is 249 g/mol. The first-order valence-electron chi connectivity index (χ1n) is 6.65. The van der Waals surface area contributed by atoms with E-state index in [0.717, 1.165) is 11.7 Å². The highest BCUT2D eigenvalue weighted by Gasteiger charge is 2.15. The van der Waals surface area contributed by atoms with Gasteiger partial charge in [0.25, 0.3) is 0 Å². The molecule has 0 radical (unpaired) electrons. The van der Waals surface area contributed by atoms with Gasteiger partial charge in [-0.25, -0.2) is 0 Å². The van der Waals surface area contributed by atoms with Gasteiger partial charge in [-0.3, -0.25) is 0 Å². The average Bonchev–Trinajstić information content (AvgIpc) is 2.40. The summed E-state index contributed by atoms with van der Waals surface area (Å²) in [6.45, 7) is 0. The lowest BCUT2D eigenvalue weighted by atomic mass is 9.84. The number of nitrogens with two attached hydrogens (primary N) is 1. The van der Waals surface area contributed by atoms with Crippen LogP contribution in [0.1, 0.15) is 55.2 Å². The summed E-state index contributed by atoms with van der Waals surface area (Å²) in [5.74, 6) is 1.80. The fraction of sp³-hybridized carbons (Fsp3) is 0.600. The Hall–Kier alpha value is -0.470. The Bertz CT molecular complexity index is 327. The van der Waals surface area contributed by atoms with Crippen LogP contribution < -0.4 is 5.73 Å². The van der Waals surface area contributed by atoms with Crippen LogP contribution in [0.4, 0.5) is 0 Å². The SMILES string of the molecule is CSCC(N)c1ccc(C2CCCCC2)cc1. The molecule has 1 unspecified atom stereocenters. The van der Waals surface area contributed by atoms with E-state index in [-0.39, 0.29) is 6.04 Å². The third-order valence-electron chi connectivity index (χ3n) is 3.79. The largest absolute Gasteiger partial charge is 0.323 e. The fourth-order valence-electron chi connectivity index (χ4n) is 2.73. The quantitative estimate of drug-likeness (QED) is 0.869. The molecule has 1 nitrogen and oxygen atoms in total. The molecule has 1 aliphatic rings. The molecule has 1 aromatic rings. The Morgan fingerprint density at radius 1 is 1.18 bits per heavy atom. The number of thioether (sulfide) groups is 1. The van der Waals surface area contributed by atoms with Gasteiger partial charge in [0.1, 0.15) is 0 Å². The van der Waals surface area contributed by atoms with Gasteiger partial charge < -0.3 is 5.73 Å². The van der Waals surface area contributed by atoms with Crippen LogP contribution >= 0.6 is 11.8 Å². The summed E-state index contributed by atoms with van der Waals surface area (Å²) in [6, 6.07) is 9.23. The van der Waals surface area contributed by atoms with Crippen molar-refractivity contribution in [2.45, 2.75) is 44.1 Å². The van der Waals surface area contributed by atoms with Gasteiger partial charge in [0.15, 0.2) is 0 Å². The van der Waals surface area contributed by atoms with Crippen molar-refractivity contribution in [1.82, 2.24) is 0 Å². The molecule has 1 atom stereocenters. The molecule has 0 saturated heterocycles. The van der Waals surface area contributed by atoms with Gasteiger partial charge in [-0.1, -0.05) is 43.5 Å². The minimum Gasteiger partial charge on any atom is -0.323 e. The van der Waals surface area contributed by atoms with E-state index in [2.05, 4.69) is 30.5 Å². The summed E-state index contributed by atoms with van der Waals surface area (Å²) >= 11 is 1.81. The normalized spacial score (nSPS) is 19.2. The third kappa shape index (κ3) is 3.49. The zero-order chi connectivity index (χ0) is 12.1. The summed E-state index contributed by atoms with van der Waals surface area (Å²) in [6.07, 6.45) is 9.08. The van der Waals surface area contributed by atoms with E-state index in [1.54, 1.807) is 0 Å². The molecule has 0 aliphatic heterocycles. The van der Waals surface area contributed by atoms with Crippen molar-refractivity contribution in [3.63, 3.8) is 0 Å². The van der Waals surface area contributed by atoms with Gasteiger partial charge in [-0.15, -0.1) is 0 Å². The molecule has 0 heterocycles. The van der Waals surface area contributed by atoms with E-state index < -0.39 is 0 Å². The molecule has 2 N–H and O–H groups in total. The van der Waals surface area contributed by atoms with Crippen molar-refractivity contribution < 1.29 is 0 Å². The first-order valence-corrected chi connectivity index (χ1v) is 8.05. The van der Waals surface area contributed by atoms with Crippen molar-refractivity contribution in [3.8, 4) is 0 Å². The van der Waals surface area contributed by atoms with E-state index >= 15 is 0 Å². The molecule has 0 aromatic heterocycles. The number of hydrogen-bond donors (Lipinski definition) is 1. The Kier molecular flexibility index (Phi) is 4.93. The Labute approximate surface area is 109 Å². The molecule has 17 heavy (non-hydrogen) atoms. The van der Waals surface area contributed by atoms with Crippen molar-refractivity contribution in [1.29, 1.82) is 0 Å². The molecule has 1 fully saturated rings. The highest BCUT2D eigenvalue weighted by molar-refractivity contribution is 7.98. The molecule has 1 saturated carbocycles. The molecule has 1 aromatic carbocycles. The molecular weight excluding hydrogens is 226 g/mol. The Balaban J connectivity index is 2.01. The fourth-order valence-corrected chi connectivity index (χ4v) is 3.28. The average molecular weight is 249 g/mol. The summed E-state index contributed by atoms with van der Waals surface area (Å²) in [4.78, 5) is 0. The van der Waals surface area contributed by atoms with Crippen LogP contribution in [0.2, 0.25) is 0 Å². The summed E-state index contributed by atoms with van der Waals surface area (Å²) in [5, 5.41) is 0. The van der Waals surface area contributed by atoms with Crippen molar-refractivity contribution >= 4 is 11.8 Å². The highest BCUT2D eigenvalue weighted by Crippen LogP contribution is 2.32. The minimum atomic E-state index is 0.186. The molecule has 2 rings (SSSR count). The Morgan fingerprint density at radius 3 is 2.41 bits per heavy atom. The second kappa shape index (κ2) is 6.46. The van der Waals surface area contributed by atoms with Crippen molar-refractivity contribution in [2.75, 3.05) is 12.0 Å². The lowest BCUT2D eigenvalue weighted by Crippen LogP contribution is -2.13. The topological polar surface area (TPSA) is 26.0 Å². The maximum Gasteiger partial charge on any atom is 0.0386 e. The van der Waals surface area contributed by atoms with E-state index in [0.29, 0.717) is 0 Å². The summed E-state index contributed by atoms with van der Waals surface area (Å²) in [7, 11) is 0. The van der Waals surface area contributed by atoms with Crippen LogP contribution in [-0.2, 0) is 0 Å². The predicted molar refractivity (Wildman–Crippen MR) is 77.6 cm³/mol. The standard InChI is InChI=1S/C15H23NS/c1-17-11-15(16)14-9-7-13(8-10-14)12-5-3-2-4-6-12/h7-10,12,15H,2-6,11,16H2,1H3. The minimum absolute atomic E-state index is 0.186. The molecule has 0 amide bonds. The van der Waals surface area contributed by atoms with E-state index in [9.17, 15) is 0 Å². The number of benzene rings is 1. The second-order valence-corrected chi connectivity index (χ2v) is 5.97. The third-order valence-corrected chi connectivity index (χ3v) is 4.48. The van der Waals surface area contributed by atoms with Gasteiger partial charge in [0.05, 0.1) is 0 Å². The highest BCUT2D eigenvalue weighted by atomic mass is 32.2. The molecular formula is C15H23NS. The predicted octanol–water partition coefficient (Wildman–Crippen LogP) is 4.10. The van der Waals surface area contributed by atoms with Crippen LogP contribution in [0.25, 0.3) is 0 Å². The van der Waals surface area contributed by atoms with Gasteiger partial charge in [0, 0.05) is 11.8 Å². The van der Waals surface area contributed by atoms with E-state index in [1.807, 2.05) is 11.8 Å². The lowest BCUT2D eigenvalue weighted by molar-refractivity contribution is 0.443. The van der Waals surface area contributed by atoms with Gasteiger partial charge in [-0.05, 0) is 36.1 Å². The van der Waals surface area contributed by atoms with Gasteiger partial charge in [0.2, 0.25) is 0 Å². The number of rotatable bonds is 4. The zero-order valence-corrected chi connectivity index (χ0v) is 11.5. The van der Waals surface area contributed by atoms with Crippen LogP contribution in [0.5, 0.6) is 0 Å².